The molecule has 0 heterocycles. The maximum Gasteiger partial charge on any atom is 0.166 e. The van der Waals surface area contributed by atoms with E-state index < -0.39 is 0 Å². The SMILES string of the molecule is CCN(CC)C(CNC(=S)NC)c1ccccc1. The molecule has 100 valence electrons. The molecule has 1 rings (SSSR count). The minimum Gasteiger partial charge on any atom is -0.366 e. The largest absolute Gasteiger partial charge is 0.366 e. The van der Waals surface area contributed by atoms with Crippen LogP contribution >= 0.6 is 12.2 Å². The fourth-order valence-corrected chi connectivity index (χ4v) is 2.16. The molecule has 0 aliphatic carbocycles. The third-order valence-corrected chi connectivity index (χ3v) is 3.47. The minimum absolute atomic E-state index is 0.354. The molecule has 0 radical (unpaired) electrons. The van der Waals surface area contributed by atoms with Gasteiger partial charge in [0.15, 0.2) is 5.11 Å². The summed E-state index contributed by atoms with van der Waals surface area (Å²) in [5.74, 6) is 0. The van der Waals surface area contributed by atoms with Crippen molar-refractivity contribution in [2.24, 2.45) is 0 Å². The van der Waals surface area contributed by atoms with Crippen molar-refractivity contribution in [2.75, 3.05) is 26.7 Å². The van der Waals surface area contributed by atoms with E-state index in [1.165, 1.54) is 5.56 Å². The van der Waals surface area contributed by atoms with Crippen molar-refractivity contribution in [3.05, 3.63) is 35.9 Å². The normalized spacial score (nSPS) is 12.2. The van der Waals surface area contributed by atoms with Crippen LogP contribution in [0.4, 0.5) is 0 Å². The molecule has 1 aromatic rings. The Morgan fingerprint density at radius 2 is 1.83 bits per heavy atom. The fraction of sp³-hybridized carbons (Fsp3) is 0.500. The zero-order valence-corrected chi connectivity index (χ0v) is 12.3. The fourth-order valence-electron chi connectivity index (χ4n) is 2.08. The molecule has 2 N–H and O–H groups in total. The molecule has 0 spiro atoms. The van der Waals surface area contributed by atoms with Crippen molar-refractivity contribution in [1.29, 1.82) is 0 Å². The van der Waals surface area contributed by atoms with Crippen LogP contribution in [0.15, 0.2) is 30.3 Å². The van der Waals surface area contributed by atoms with Crippen LogP contribution in [0.1, 0.15) is 25.5 Å². The van der Waals surface area contributed by atoms with Gasteiger partial charge in [0.1, 0.15) is 0 Å². The second kappa shape index (κ2) is 8.06. The van der Waals surface area contributed by atoms with E-state index in [1.54, 1.807) is 0 Å². The summed E-state index contributed by atoms with van der Waals surface area (Å²) >= 11 is 5.14. The van der Waals surface area contributed by atoms with Gasteiger partial charge in [0, 0.05) is 13.6 Å². The molecule has 3 nitrogen and oxygen atoms in total. The van der Waals surface area contributed by atoms with Gasteiger partial charge in [0.2, 0.25) is 0 Å². The van der Waals surface area contributed by atoms with Gasteiger partial charge < -0.3 is 10.6 Å². The Morgan fingerprint density at radius 1 is 1.22 bits per heavy atom. The summed E-state index contributed by atoms with van der Waals surface area (Å²) in [5, 5.41) is 6.90. The Kier molecular flexibility index (Phi) is 6.68. The first kappa shape index (κ1) is 14.9. The summed E-state index contributed by atoms with van der Waals surface area (Å²) in [4.78, 5) is 2.43. The first-order valence-electron chi connectivity index (χ1n) is 6.47. The van der Waals surface area contributed by atoms with Crippen LogP contribution in [0.5, 0.6) is 0 Å². The zero-order chi connectivity index (χ0) is 13.4. The average molecular weight is 265 g/mol. The van der Waals surface area contributed by atoms with Crippen LogP contribution in [0.3, 0.4) is 0 Å². The van der Waals surface area contributed by atoms with Gasteiger partial charge in [-0.15, -0.1) is 0 Å². The van der Waals surface area contributed by atoms with E-state index in [0.717, 1.165) is 19.6 Å². The van der Waals surface area contributed by atoms with Gasteiger partial charge in [-0.1, -0.05) is 44.2 Å². The van der Waals surface area contributed by atoms with E-state index in [4.69, 9.17) is 12.2 Å². The predicted molar refractivity (Wildman–Crippen MR) is 81.8 cm³/mol. The number of hydrogen-bond donors (Lipinski definition) is 2. The lowest BCUT2D eigenvalue weighted by atomic mass is 10.1. The number of likely N-dealkylation sites (N-methyl/N-ethyl adjacent to an activating group) is 1. The maximum absolute atomic E-state index is 5.14. The van der Waals surface area contributed by atoms with E-state index >= 15 is 0 Å². The Labute approximate surface area is 116 Å². The topological polar surface area (TPSA) is 27.3 Å². The molecule has 0 bridgehead atoms. The second-order valence-corrected chi connectivity index (χ2v) is 4.52. The van der Waals surface area contributed by atoms with Crippen molar-refractivity contribution in [3.8, 4) is 0 Å². The third-order valence-electron chi connectivity index (χ3n) is 3.12. The van der Waals surface area contributed by atoms with E-state index in [1.807, 2.05) is 7.05 Å². The van der Waals surface area contributed by atoms with Crippen molar-refractivity contribution in [1.82, 2.24) is 15.5 Å². The summed E-state index contributed by atoms with van der Waals surface area (Å²) in [6.45, 7) is 7.27. The molecule has 0 aliphatic rings. The number of rotatable bonds is 6. The first-order valence-corrected chi connectivity index (χ1v) is 6.88. The van der Waals surface area contributed by atoms with Gasteiger partial charge in [-0.3, -0.25) is 4.90 Å². The quantitative estimate of drug-likeness (QED) is 0.771. The minimum atomic E-state index is 0.354. The molecule has 4 heteroatoms. The van der Waals surface area contributed by atoms with Crippen LogP contribution in [-0.4, -0.2) is 36.7 Å². The zero-order valence-electron chi connectivity index (χ0n) is 11.4. The van der Waals surface area contributed by atoms with E-state index in [2.05, 4.69) is 59.7 Å². The van der Waals surface area contributed by atoms with Gasteiger partial charge in [-0.25, -0.2) is 0 Å². The Morgan fingerprint density at radius 3 is 2.33 bits per heavy atom. The predicted octanol–water partition coefficient (Wildman–Crippen LogP) is 2.16. The van der Waals surface area contributed by atoms with Crippen LogP contribution in [0.2, 0.25) is 0 Å². The number of thiocarbonyl (C=S) groups is 1. The van der Waals surface area contributed by atoms with Crippen molar-refractivity contribution in [3.63, 3.8) is 0 Å². The molecule has 0 amide bonds. The molecule has 0 aromatic heterocycles. The van der Waals surface area contributed by atoms with Gasteiger partial charge in [0.25, 0.3) is 0 Å². The highest BCUT2D eigenvalue weighted by molar-refractivity contribution is 7.80. The standard InChI is InChI=1S/C14H23N3S/c1-4-17(5-2)13(11-16-14(18)15-3)12-9-7-6-8-10-12/h6-10,13H,4-5,11H2,1-3H3,(H2,15,16,18). The van der Waals surface area contributed by atoms with Crippen LogP contribution in [0, 0.1) is 0 Å². The van der Waals surface area contributed by atoms with Crippen molar-refractivity contribution >= 4 is 17.3 Å². The number of nitrogens with one attached hydrogen (secondary N) is 2. The highest BCUT2D eigenvalue weighted by Gasteiger charge is 2.17. The van der Waals surface area contributed by atoms with E-state index in [9.17, 15) is 0 Å². The molecule has 1 aromatic carbocycles. The molecular formula is C14H23N3S. The lowest BCUT2D eigenvalue weighted by molar-refractivity contribution is 0.219. The summed E-state index contributed by atoms with van der Waals surface area (Å²) in [5.41, 5.74) is 1.33. The van der Waals surface area contributed by atoms with Gasteiger partial charge in [-0.05, 0) is 30.9 Å². The highest BCUT2D eigenvalue weighted by Crippen LogP contribution is 2.19. The van der Waals surface area contributed by atoms with E-state index in [-0.39, 0.29) is 0 Å². The monoisotopic (exact) mass is 265 g/mol. The lowest BCUT2D eigenvalue weighted by Crippen LogP contribution is -2.41. The molecular weight excluding hydrogens is 242 g/mol. The molecule has 0 aliphatic heterocycles. The Hall–Kier alpha value is -1.13. The molecule has 1 unspecified atom stereocenters. The summed E-state index contributed by atoms with van der Waals surface area (Å²) < 4.78 is 0. The highest BCUT2D eigenvalue weighted by atomic mass is 32.1. The Balaban J connectivity index is 2.78. The number of hydrogen-bond acceptors (Lipinski definition) is 2. The smallest absolute Gasteiger partial charge is 0.166 e. The van der Waals surface area contributed by atoms with Crippen molar-refractivity contribution < 1.29 is 0 Å². The number of nitrogens with zero attached hydrogens (tertiary/aromatic N) is 1. The third kappa shape index (κ3) is 4.27. The van der Waals surface area contributed by atoms with E-state index in [0.29, 0.717) is 11.2 Å². The maximum atomic E-state index is 5.14. The van der Waals surface area contributed by atoms with Crippen LogP contribution < -0.4 is 10.6 Å². The van der Waals surface area contributed by atoms with Gasteiger partial charge in [0.05, 0.1) is 6.04 Å². The summed E-state index contributed by atoms with van der Waals surface area (Å²) in [6, 6.07) is 10.9. The summed E-state index contributed by atoms with van der Waals surface area (Å²) in [7, 11) is 1.84. The molecule has 0 saturated heterocycles. The van der Waals surface area contributed by atoms with Gasteiger partial charge in [-0.2, -0.15) is 0 Å². The lowest BCUT2D eigenvalue weighted by Gasteiger charge is -2.30. The van der Waals surface area contributed by atoms with Crippen LogP contribution in [-0.2, 0) is 0 Å². The molecule has 0 fully saturated rings. The van der Waals surface area contributed by atoms with Gasteiger partial charge >= 0.3 is 0 Å². The van der Waals surface area contributed by atoms with Crippen LogP contribution in [0.25, 0.3) is 0 Å². The number of benzene rings is 1. The Bertz CT molecular complexity index is 349. The van der Waals surface area contributed by atoms with Crippen molar-refractivity contribution in [2.45, 2.75) is 19.9 Å². The molecule has 1 atom stereocenters. The second-order valence-electron chi connectivity index (χ2n) is 4.11. The first-order chi connectivity index (χ1) is 8.72. The average Bonchev–Trinajstić information content (AvgIpc) is 2.44. The summed E-state index contributed by atoms with van der Waals surface area (Å²) in [6.07, 6.45) is 0. The molecule has 0 saturated carbocycles. The molecule has 18 heavy (non-hydrogen) atoms.